The van der Waals surface area contributed by atoms with Gasteiger partial charge in [0.1, 0.15) is 0 Å². The first-order chi connectivity index (χ1) is 7.99. The fraction of sp³-hybridized carbons (Fsp3) is 0.0909. The number of aromatic amines is 1. The summed E-state index contributed by atoms with van der Waals surface area (Å²) < 4.78 is 0. The van der Waals surface area contributed by atoms with Crippen LogP contribution in [0.25, 0.3) is 11.1 Å². The number of aromatic carboxylic acids is 1. The zero-order valence-electron chi connectivity index (χ0n) is 8.79. The van der Waals surface area contributed by atoms with Gasteiger partial charge in [-0.15, -0.1) is 0 Å². The Morgan fingerprint density at radius 3 is 2.41 bits per heavy atom. The topological polar surface area (TPSA) is 66.0 Å². The molecule has 1 aromatic carbocycles. The molecule has 4 nitrogen and oxygen atoms in total. The summed E-state index contributed by atoms with van der Waals surface area (Å²) in [5, 5.41) is 16.3. The number of aromatic nitrogens is 2. The maximum Gasteiger partial charge on any atom is 0.357 e. The lowest BCUT2D eigenvalue weighted by atomic mass is 10.0. The van der Waals surface area contributed by atoms with Crippen LogP contribution in [-0.4, -0.2) is 21.3 Å². The van der Waals surface area contributed by atoms with Crippen LogP contribution in [0.1, 0.15) is 16.2 Å². The molecule has 0 aliphatic rings. The molecule has 2 N–H and O–H groups in total. The van der Waals surface area contributed by atoms with Gasteiger partial charge in [-0.25, -0.2) is 4.79 Å². The Bertz CT molecular complexity index is 573. The molecule has 17 heavy (non-hydrogen) atoms. The molecule has 0 saturated heterocycles. The van der Waals surface area contributed by atoms with Gasteiger partial charge in [-0.3, -0.25) is 5.10 Å². The minimum absolute atomic E-state index is 0.0409. The molecule has 6 heteroatoms. The molecule has 88 valence electrons. The standard InChI is InChI=1S/C11H8Cl2N2O2/c1-5-9(10(11(16)17)15-14-5)6-2-7(12)4-8(13)3-6/h2-4H,1H3,(H,14,15)(H,16,17). The third-order valence-electron chi connectivity index (χ3n) is 2.30. The van der Waals surface area contributed by atoms with Crippen LogP contribution >= 0.6 is 23.2 Å². The molecule has 0 aliphatic heterocycles. The van der Waals surface area contributed by atoms with E-state index in [0.29, 0.717) is 26.9 Å². The predicted octanol–water partition coefficient (Wildman–Crippen LogP) is 3.39. The third kappa shape index (κ3) is 2.28. The second-order valence-corrected chi connectivity index (χ2v) is 4.41. The summed E-state index contributed by atoms with van der Waals surface area (Å²) in [7, 11) is 0. The highest BCUT2D eigenvalue weighted by atomic mass is 35.5. The molecule has 0 saturated carbocycles. The van der Waals surface area contributed by atoms with Crippen molar-refractivity contribution in [2.24, 2.45) is 0 Å². The molecule has 0 atom stereocenters. The molecule has 1 heterocycles. The monoisotopic (exact) mass is 270 g/mol. The normalized spacial score (nSPS) is 10.5. The number of hydrogen-bond acceptors (Lipinski definition) is 2. The minimum atomic E-state index is -1.10. The number of benzene rings is 1. The van der Waals surface area contributed by atoms with Crippen LogP contribution in [-0.2, 0) is 0 Å². The van der Waals surface area contributed by atoms with Crippen molar-refractivity contribution in [3.05, 3.63) is 39.6 Å². The Labute approximate surface area is 107 Å². The summed E-state index contributed by atoms with van der Waals surface area (Å²) in [6.45, 7) is 1.74. The van der Waals surface area contributed by atoms with Crippen molar-refractivity contribution < 1.29 is 9.90 Å². The molecule has 2 rings (SSSR count). The lowest BCUT2D eigenvalue weighted by molar-refractivity contribution is 0.0691. The molecule has 0 fully saturated rings. The van der Waals surface area contributed by atoms with Crippen LogP contribution in [0.3, 0.4) is 0 Å². The van der Waals surface area contributed by atoms with E-state index in [-0.39, 0.29) is 5.69 Å². The van der Waals surface area contributed by atoms with E-state index in [9.17, 15) is 4.79 Å². The minimum Gasteiger partial charge on any atom is -0.476 e. The molecular formula is C11H8Cl2N2O2. The first kappa shape index (κ1) is 12.0. The number of nitrogens with one attached hydrogen (secondary N) is 1. The number of aryl methyl sites for hydroxylation is 1. The molecular weight excluding hydrogens is 263 g/mol. The Morgan fingerprint density at radius 1 is 1.29 bits per heavy atom. The van der Waals surface area contributed by atoms with Gasteiger partial charge in [0.15, 0.2) is 5.69 Å². The average molecular weight is 271 g/mol. The zero-order chi connectivity index (χ0) is 12.6. The molecule has 0 spiro atoms. The highest BCUT2D eigenvalue weighted by molar-refractivity contribution is 6.35. The van der Waals surface area contributed by atoms with Crippen molar-refractivity contribution in [3.8, 4) is 11.1 Å². The third-order valence-corrected chi connectivity index (χ3v) is 2.74. The van der Waals surface area contributed by atoms with Crippen molar-refractivity contribution in [1.29, 1.82) is 0 Å². The number of rotatable bonds is 2. The van der Waals surface area contributed by atoms with Crippen LogP contribution in [0.4, 0.5) is 0 Å². The number of nitrogens with zero attached hydrogens (tertiary/aromatic N) is 1. The molecule has 0 aliphatic carbocycles. The SMILES string of the molecule is Cc1[nH]nc(C(=O)O)c1-c1cc(Cl)cc(Cl)c1. The lowest BCUT2D eigenvalue weighted by Gasteiger charge is -2.03. The summed E-state index contributed by atoms with van der Waals surface area (Å²) in [6.07, 6.45) is 0. The zero-order valence-corrected chi connectivity index (χ0v) is 10.3. The van der Waals surface area contributed by atoms with Crippen molar-refractivity contribution in [2.45, 2.75) is 6.92 Å². The first-order valence-electron chi connectivity index (χ1n) is 4.73. The maximum atomic E-state index is 11.0. The number of halogens is 2. The van der Waals surface area contributed by atoms with Crippen LogP contribution < -0.4 is 0 Å². The summed E-state index contributed by atoms with van der Waals surface area (Å²) in [5.41, 5.74) is 1.75. The summed E-state index contributed by atoms with van der Waals surface area (Å²) in [6, 6.07) is 4.89. The maximum absolute atomic E-state index is 11.0. The van der Waals surface area contributed by atoms with Gasteiger partial charge in [0, 0.05) is 21.3 Å². The number of carboxylic acids is 1. The van der Waals surface area contributed by atoms with E-state index in [1.807, 2.05) is 0 Å². The van der Waals surface area contributed by atoms with E-state index >= 15 is 0 Å². The van der Waals surface area contributed by atoms with Gasteiger partial charge in [0.05, 0.1) is 0 Å². The Morgan fingerprint density at radius 2 is 1.88 bits per heavy atom. The first-order valence-corrected chi connectivity index (χ1v) is 5.49. The van der Waals surface area contributed by atoms with E-state index < -0.39 is 5.97 Å². The van der Waals surface area contributed by atoms with Crippen molar-refractivity contribution in [1.82, 2.24) is 10.2 Å². The quantitative estimate of drug-likeness (QED) is 0.879. The molecule has 0 unspecified atom stereocenters. The summed E-state index contributed by atoms with van der Waals surface area (Å²) in [5.74, 6) is -1.10. The Kier molecular flexibility index (Phi) is 3.09. The number of carboxylic acid groups (broad SMARTS) is 1. The smallest absolute Gasteiger partial charge is 0.357 e. The second kappa shape index (κ2) is 4.39. The fourth-order valence-electron chi connectivity index (χ4n) is 1.64. The van der Waals surface area contributed by atoms with Gasteiger partial charge in [0.25, 0.3) is 0 Å². The van der Waals surface area contributed by atoms with Crippen LogP contribution in [0, 0.1) is 6.92 Å². The van der Waals surface area contributed by atoms with Crippen molar-refractivity contribution in [2.75, 3.05) is 0 Å². The van der Waals surface area contributed by atoms with Gasteiger partial charge >= 0.3 is 5.97 Å². The van der Waals surface area contributed by atoms with Gasteiger partial charge < -0.3 is 5.11 Å². The van der Waals surface area contributed by atoms with Gasteiger partial charge in [-0.05, 0) is 30.7 Å². The molecule has 2 aromatic rings. The van der Waals surface area contributed by atoms with Crippen LogP contribution in [0.15, 0.2) is 18.2 Å². The fourth-order valence-corrected chi connectivity index (χ4v) is 2.16. The van der Waals surface area contributed by atoms with Crippen LogP contribution in [0.2, 0.25) is 10.0 Å². The molecule has 0 bridgehead atoms. The van der Waals surface area contributed by atoms with E-state index in [4.69, 9.17) is 28.3 Å². The number of hydrogen-bond donors (Lipinski definition) is 2. The molecule has 1 aromatic heterocycles. The van der Waals surface area contributed by atoms with Gasteiger partial charge in [-0.2, -0.15) is 5.10 Å². The van der Waals surface area contributed by atoms with E-state index in [1.165, 1.54) is 0 Å². The second-order valence-electron chi connectivity index (χ2n) is 3.54. The highest BCUT2D eigenvalue weighted by Gasteiger charge is 2.18. The van der Waals surface area contributed by atoms with Crippen molar-refractivity contribution in [3.63, 3.8) is 0 Å². The predicted molar refractivity (Wildman–Crippen MR) is 65.7 cm³/mol. The molecule has 0 radical (unpaired) electrons. The van der Waals surface area contributed by atoms with E-state index in [0.717, 1.165) is 0 Å². The summed E-state index contributed by atoms with van der Waals surface area (Å²) in [4.78, 5) is 11.0. The van der Waals surface area contributed by atoms with E-state index in [1.54, 1.807) is 25.1 Å². The van der Waals surface area contributed by atoms with E-state index in [2.05, 4.69) is 10.2 Å². The summed E-state index contributed by atoms with van der Waals surface area (Å²) >= 11 is 11.8. The number of H-pyrrole nitrogens is 1. The number of carbonyl (C=O) groups is 1. The lowest BCUT2D eigenvalue weighted by Crippen LogP contribution is -1.99. The van der Waals surface area contributed by atoms with Gasteiger partial charge in [-0.1, -0.05) is 23.2 Å². The van der Waals surface area contributed by atoms with Crippen molar-refractivity contribution >= 4 is 29.2 Å². The van der Waals surface area contributed by atoms with Crippen LogP contribution in [0.5, 0.6) is 0 Å². The Balaban J connectivity index is 2.67. The average Bonchev–Trinajstić information content (AvgIpc) is 2.58. The Hall–Kier alpha value is -1.52. The van der Waals surface area contributed by atoms with Gasteiger partial charge in [0.2, 0.25) is 0 Å². The largest absolute Gasteiger partial charge is 0.476 e. The highest BCUT2D eigenvalue weighted by Crippen LogP contribution is 2.30. The molecule has 0 amide bonds.